The van der Waals surface area contributed by atoms with Crippen LogP contribution >= 0.6 is 11.6 Å². The van der Waals surface area contributed by atoms with E-state index in [0.717, 1.165) is 40.6 Å². The molecule has 0 spiro atoms. The molecule has 0 saturated carbocycles. The van der Waals surface area contributed by atoms with Gasteiger partial charge in [-0.3, -0.25) is 0 Å². The maximum absolute atomic E-state index is 6.35. The molecule has 0 bridgehead atoms. The molecule has 0 heterocycles. The van der Waals surface area contributed by atoms with Gasteiger partial charge in [0.05, 0.1) is 14.2 Å². The van der Waals surface area contributed by atoms with Crippen molar-refractivity contribution >= 4 is 11.6 Å². The van der Waals surface area contributed by atoms with Gasteiger partial charge in [-0.25, -0.2) is 0 Å². The summed E-state index contributed by atoms with van der Waals surface area (Å²) in [5, 5.41) is 4.04. The van der Waals surface area contributed by atoms with Gasteiger partial charge in [0.25, 0.3) is 0 Å². The molecular formula is C17H20ClNO2. The van der Waals surface area contributed by atoms with Crippen molar-refractivity contribution in [1.82, 2.24) is 5.32 Å². The van der Waals surface area contributed by atoms with Crippen LogP contribution < -0.4 is 14.8 Å². The first-order valence-electron chi connectivity index (χ1n) is 6.91. The number of ether oxygens (including phenoxy) is 2. The van der Waals surface area contributed by atoms with Crippen LogP contribution in [-0.4, -0.2) is 20.8 Å². The predicted molar refractivity (Wildman–Crippen MR) is 87.4 cm³/mol. The highest BCUT2D eigenvalue weighted by atomic mass is 35.5. The fourth-order valence-electron chi connectivity index (χ4n) is 2.15. The van der Waals surface area contributed by atoms with Crippen molar-refractivity contribution in [2.45, 2.75) is 13.5 Å². The Morgan fingerprint density at radius 2 is 1.62 bits per heavy atom. The van der Waals surface area contributed by atoms with Crippen molar-refractivity contribution in [3.05, 3.63) is 47.0 Å². The van der Waals surface area contributed by atoms with Gasteiger partial charge < -0.3 is 14.8 Å². The SMILES string of the molecule is CCNCc1ccc(-c2ccc(OC)c(OC)c2)cc1Cl. The van der Waals surface area contributed by atoms with Crippen LogP contribution in [-0.2, 0) is 6.54 Å². The van der Waals surface area contributed by atoms with Crippen molar-refractivity contribution < 1.29 is 9.47 Å². The maximum atomic E-state index is 6.35. The summed E-state index contributed by atoms with van der Waals surface area (Å²) in [6.45, 7) is 3.78. The summed E-state index contributed by atoms with van der Waals surface area (Å²) in [6, 6.07) is 12.0. The third kappa shape index (κ3) is 3.69. The topological polar surface area (TPSA) is 30.5 Å². The minimum atomic E-state index is 0.711. The highest BCUT2D eigenvalue weighted by molar-refractivity contribution is 6.31. The lowest BCUT2D eigenvalue weighted by Gasteiger charge is -2.11. The Bertz CT molecular complexity index is 614. The normalized spacial score (nSPS) is 10.5. The standard InChI is InChI=1S/C17H20ClNO2/c1-4-19-11-14-6-5-12(9-15(14)18)13-7-8-16(20-2)17(10-13)21-3/h5-10,19H,4,11H2,1-3H3. The third-order valence-corrected chi connectivity index (χ3v) is 3.69. The molecule has 21 heavy (non-hydrogen) atoms. The van der Waals surface area contributed by atoms with Gasteiger partial charge in [0.1, 0.15) is 0 Å². The van der Waals surface area contributed by atoms with Crippen LogP contribution in [0, 0.1) is 0 Å². The zero-order valence-electron chi connectivity index (χ0n) is 12.6. The summed E-state index contributed by atoms with van der Waals surface area (Å²) < 4.78 is 10.6. The van der Waals surface area contributed by atoms with Crippen LogP contribution in [0.15, 0.2) is 36.4 Å². The molecule has 0 aliphatic carbocycles. The largest absolute Gasteiger partial charge is 0.493 e. The molecule has 0 radical (unpaired) electrons. The first-order valence-corrected chi connectivity index (χ1v) is 7.29. The van der Waals surface area contributed by atoms with E-state index in [1.165, 1.54) is 0 Å². The number of hydrogen-bond donors (Lipinski definition) is 1. The molecule has 112 valence electrons. The van der Waals surface area contributed by atoms with Crippen molar-refractivity contribution in [2.75, 3.05) is 20.8 Å². The summed E-state index contributed by atoms with van der Waals surface area (Å²) in [5.74, 6) is 1.43. The monoisotopic (exact) mass is 305 g/mol. The smallest absolute Gasteiger partial charge is 0.161 e. The molecule has 2 aromatic carbocycles. The molecule has 3 nitrogen and oxygen atoms in total. The molecule has 0 amide bonds. The van der Waals surface area contributed by atoms with Crippen LogP contribution in [0.2, 0.25) is 5.02 Å². The fourth-order valence-corrected chi connectivity index (χ4v) is 2.39. The number of nitrogens with one attached hydrogen (secondary N) is 1. The number of rotatable bonds is 6. The highest BCUT2D eigenvalue weighted by Crippen LogP contribution is 2.33. The van der Waals surface area contributed by atoms with Gasteiger partial charge >= 0.3 is 0 Å². The second kappa shape index (κ2) is 7.34. The van der Waals surface area contributed by atoms with Gasteiger partial charge in [-0.1, -0.05) is 36.7 Å². The van der Waals surface area contributed by atoms with E-state index in [9.17, 15) is 0 Å². The summed E-state index contributed by atoms with van der Waals surface area (Å²) in [5.41, 5.74) is 3.20. The first-order chi connectivity index (χ1) is 10.2. The average molecular weight is 306 g/mol. The Morgan fingerprint density at radius 3 is 2.24 bits per heavy atom. The molecule has 2 aromatic rings. The summed E-state index contributed by atoms with van der Waals surface area (Å²) in [7, 11) is 3.26. The van der Waals surface area contributed by atoms with Crippen molar-refractivity contribution in [3.63, 3.8) is 0 Å². The zero-order chi connectivity index (χ0) is 15.2. The van der Waals surface area contributed by atoms with Gasteiger partial charge in [-0.15, -0.1) is 0 Å². The molecule has 0 aromatic heterocycles. The lowest BCUT2D eigenvalue weighted by molar-refractivity contribution is 0.355. The molecule has 0 atom stereocenters. The Kier molecular flexibility index (Phi) is 5.48. The molecular weight excluding hydrogens is 286 g/mol. The lowest BCUT2D eigenvalue weighted by Crippen LogP contribution is -2.11. The maximum Gasteiger partial charge on any atom is 0.161 e. The third-order valence-electron chi connectivity index (χ3n) is 3.34. The van der Waals surface area contributed by atoms with E-state index in [4.69, 9.17) is 21.1 Å². The van der Waals surface area contributed by atoms with Gasteiger partial charge in [0, 0.05) is 11.6 Å². The molecule has 0 aliphatic heterocycles. The second-order valence-electron chi connectivity index (χ2n) is 4.66. The van der Waals surface area contributed by atoms with Crippen LogP contribution in [0.5, 0.6) is 11.5 Å². The number of methoxy groups -OCH3 is 2. The Hall–Kier alpha value is -1.71. The molecule has 0 aliphatic rings. The summed E-state index contributed by atoms with van der Waals surface area (Å²) >= 11 is 6.35. The van der Waals surface area contributed by atoms with Gasteiger partial charge in [0.2, 0.25) is 0 Å². The molecule has 0 saturated heterocycles. The van der Waals surface area contributed by atoms with Crippen molar-refractivity contribution in [3.8, 4) is 22.6 Å². The van der Waals surface area contributed by atoms with E-state index in [1.54, 1.807) is 14.2 Å². The van der Waals surface area contributed by atoms with E-state index in [1.807, 2.05) is 24.3 Å². The fraction of sp³-hybridized carbons (Fsp3) is 0.294. The number of halogens is 1. The van der Waals surface area contributed by atoms with E-state index < -0.39 is 0 Å². The Labute approximate surface area is 130 Å². The summed E-state index contributed by atoms with van der Waals surface area (Å²) in [4.78, 5) is 0. The van der Waals surface area contributed by atoms with Crippen LogP contribution in [0.25, 0.3) is 11.1 Å². The van der Waals surface area contributed by atoms with Gasteiger partial charge in [-0.05, 0) is 41.4 Å². The molecule has 4 heteroatoms. The average Bonchev–Trinajstić information content (AvgIpc) is 2.53. The zero-order valence-corrected chi connectivity index (χ0v) is 13.3. The molecule has 1 N–H and O–H groups in total. The molecule has 2 rings (SSSR count). The number of benzene rings is 2. The molecule has 0 unspecified atom stereocenters. The number of hydrogen-bond acceptors (Lipinski definition) is 3. The van der Waals surface area contributed by atoms with Crippen LogP contribution in [0.1, 0.15) is 12.5 Å². The lowest BCUT2D eigenvalue weighted by atomic mass is 10.0. The van der Waals surface area contributed by atoms with Crippen molar-refractivity contribution in [2.24, 2.45) is 0 Å². The second-order valence-corrected chi connectivity index (χ2v) is 5.06. The van der Waals surface area contributed by atoms with E-state index in [0.29, 0.717) is 5.75 Å². The van der Waals surface area contributed by atoms with E-state index in [2.05, 4.69) is 24.4 Å². The quantitative estimate of drug-likeness (QED) is 0.870. The first kappa shape index (κ1) is 15.7. The van der Waals surface area contributed by atoms with E-state index >= 15 is 0 Å². The van der Waals surface area contributed by atoms with Crippen LogP contribution in [0.4, 0.5) is 0 Å². The predicted octanol–water partition coefficient (Wildman–Crippen LogP) is 4.13. The Morgan fingerprint density at radius 1 is 0.952 bits per heavy atom. The van der Waals surface area contributed by atoms with Crippen molar-refractivity contribution in [1.29, 1.82) is 0 Å². The molecule has 0 fully saturated rings. The summed E-state index contributed by atoms with van der Waals surface area (Å²) in [6.07, 6.45) is 0. The van der Waals surface area contributed by atoms with E-state index in [-0.39, 0.29) is 0 Å². The minimum absolute atomic E-state index is 0.711. The van der Waals surface area contributed by atoms with Gasteiger partial charge in [-0.2, -0.15) is 0 Å². The highest BCUT2D eigenvalue weighted by Gasteiger charge is 2.08. The minimum Gasteiger partial charge on any atom is -0.493 e. The van der Waals surface area contributed by atoms with Gasteiger partial charge in [0.15, 0.2) is 11.5 Å². The Balaban J connectivity index is 2.32. The van der Waals surface area contributed by atoms with Crippen LogP contribution in [0.3, 0.4) is 0 Å².